The number of ether oxygens (including phenoxy) is 1. The van der Waals surface area contributed by atoms with Crippen LogP contribution in [0.2, 0.25) is 5.28 Å². The van der Waals surface area contributed by atoms with Gasteiger partial charge in [-0.05, 0) is 68.4 Å². The third-order valence-corrected chi connectivity index (χ3v) is 4.63. The number of thiophene rings is 1. The minimum absolute atomic E-state index is 0.227. The van der Waals surface area contributed by atoms with Crippen molar-refractivity contribution in [2.45, 2.75) is 33.3 Å². The third kappa shape index (κ3) is 4.27. The van der Waals surface area contributed by atoms with Crippen LogP contribution in [0.4, 0.5) is 10.5 Å². The van der Waals surface area contributed by atoms with E-state index >= 15 is 0 Å². The summed E-state index contributed by atoms with van der Waals surface area (Å²) in [5, 5.41) is 4.06. The van der Waals surface area contributed by atoms with Gasteiger partial charge < -0.3 is 4.74 Å². The van der Waals surface area contributed by atoms with Crippen LogP contribution in [0.25, 0.3) is 20.7 Å². The van der Waals surface area contributed by atoms with Crippen LogP contribution in [0.3, 0.4) is 0 Å². The molecule has 1 amide bonds. The zero-order chi connectivity index (χ0) is 18.2. The Morgan fingerprint density at radius 2 is 2.04 bits per heavy atom. The van der Waals surface area contributed by atoms with Crippen LogP contribution in [0.15, 0.2) is 30.5 Å². The molecule has 0 aliphatic heterocycles. The fraction of sp³-hybridized carbons (Fsp3) is 0.278. The highest BCUT2D eigenvalue weighted by atomic mass is 35.5. The summed E-state index contributed by atoms with van der Waals surface area (Å²) >= 11 is 7.51. The molecule has 0 fully saturated rings. The molecule has 0 atom stereocenters. The van der Waals surface area contributed by atoms with Crippen molar-refractivity contribution in [1.29, 1.82) is 0 Å². The number of hydrogen-bond acceptors (Lipinski definition) is 5. The predicted molar refractivity (Wildman–Crippen MR) is 102 cm³/mol. The van der Waals surface area contributed by atoms with E-state index in [1.807, 2.05) is 45.9 Å². The van der Waals surface area contributed by atoms with Crippen molar-refractivity contribution in [3.63, 3.8) is 0 Å². The molecule has 3 aromatic rings. The first-order chi connectivity index (χ1) is 11.7. The number of nitrogens with zero attached hydrogens (tertiary/aromatic N) is 2. The van der Waals surface area contributed by atoms with Crippen LogP contribution in [-0.2, 0) is 4.74 Å². The van der Waals surface area contributed by atoms with Crippen molar-refractivity contribution in [3.8, 4) is 10.6 Å². The van der Waals surface area contributed by atoms with Crippen molar-refractivity contribution in [2.24, 2.45) is 0 Å². The fourth-order valence-corrected chi connectivity index (χ4v) is 3.61. The Labute approximate surface area is 155 Å². The number of aryl methyl sites for hydroxylation is 1. The van der Waals surface area contributed by atoms with E-state index in [9.17, 15) is 4.79 Å². The molecule has 3 rings (SSSR count). The van der Waals surface area contributed by atoms with E-state index in [1.165, 1.54) is 0 Å². The summed E-state index contributed by atoms with van der Waals surface area (Å²) in [6.07, 6.45) is 1.24. The zero-order valence-corrected chi connectivity index (χ0v) is 16.0. The second kappa shape index (κ2) is 6.61. The van der Waals surface area contributed by atoms with Gasteiger partial charge in [0.1, 0.15) is 5.60 Å². The summed E-state index contributed by atoms with van der Waals surface area (Å²) in [7, 11) is 0. The molecule has 0 aliphatic rings. The highest BCUT2D eigenvalue weighted by Gasteiger charge is 2.16. The van der Waals surface area contributed by atoms with Gasteiger partial charge in [-0.1, -0.05) is 6.07 Å². The second-order valence-electron chi connectivity index (χ2n) is 6.66. The highest BCUT2D eigenvalue weighted by molar-refractivity contribution is 7.22. The minimum atomic E-state index is -0.534. The highest BCUT2D eigenvalue weighted by Crippen LogP contribution is 2.35. The van der Waals surface area contributed by atoms with Gasteiger partial charge in [-0.2, -0.15) is 0 Å². The molecule has 0 spiro atoms. The Balaban J connectivity index is 1.89. The molecule has 25 heavy (non-hydrogen) atoms. The monoisotopic (exact) mass is 375 g/mol. The summed E-state index contributed by atoms with van der Waals surface area (Å²) in [4.78, 5) is 21.2. The van der Waals surface area contributed by atoms with E-state index in [-0.39, 0.29) is 5.28 Å². The molecule has 5 nitrogen and oxygen atoms in total. The van der Waals surface area contributed by atoms with Crippen molar-refractivity contribution in [3.05, 3.63) is 41.3 Å². The number of halogens is 1. The van der Waals surface area contributed by atoms with Gasteiger partial charge in [0.05, 0.1) is 10.6 Å². The first-order valence-corrected chi connectivity index (χ1v) is 8.94. The summed E-state index contributed by atoms with van der Waals surface area (Å²) < 4.78 is 6.32. The molecular weight excluding hydrogens is 358 g/mol. The maximum atomic E-state index is 11.9. The Bertz CT molecular complexity index is 947. The van der Waals surface area contributed by atoms with E-state index in [0.29, 0.717) is 5.69 Å². The number of nitrogens with one attached hydrogen (secondary N) is 1. The molecule has 7 heteroatoms. The standard InChI is InChI=1S/C18H18ClN3O2S/c1-10-9-20-16(19)22-15(10)14-7-11-5-6-12(8-13(11)25-14)21-17(23)24-18(2,3)4/h5-9H,1-4H3,(H,21,23). The molecule has 0 unspecified atom stereocenters. The van der Waals surface area contributed by atoms with E-state index in [4.69, 9.17) is 16.3 Å². The first-order valence-electron chi connectivity index (χ1n) is 7.74. The Morgan fingerprint density at radius 3 is 2.76 bits per heavy atom. The average molecular weight is 376 g/mol. The number of rotatable bonds is 2. The number of fused-ring (bicyclic) bond motifs is 1. The number of amides is 1. The van der Waals surface area contributed by atoms with Crippen molar-refractivity contribution in [2.75, 3.05) is 5.32 Å². The maximum Gasteiger partial charge on any atom is 0.412 e. The van der Waals surface area contributed by atoms with Gasteiger partial charge >= 0.3 is 6.09 Å². The Kier molecular flexibility index (Phi) is 4.67. The molecule has 2 aromatic heterocycles. The molecule has 130 valence electrons. The number of aromatic nitrogens is 2. The number of carbonyl (C=O) groups is 1. The largest absolute Gasteiger partial charge is 0.444 e. The molecule has 1 aromatic carbocycles. The molecular formula is C18H18ClN3O2S. The van der Waals surface area contributed by atoms with Crippen LogP contribution in [0, 0.1) is 6.92 Å². The number of hydrogen-bond donors (Lipinski definition) is 1. The molecule has 2 heterocycles. The van der Waals surface area contributed by atoms with Gasteiger partial charge in [-0.25, -0.2) is 14.8 Å². The lowest BCUT2D eigenvalue weighted by Crippen LogP contribution is -2.27. The fourth-order valence-electron chi connectivity index (χ4n) is 2.32. The van der Waals surface area contributed by atoms with Crippen LogP contribution in [0.1, 0.15) is 26.3 Å². The summed E-state index contributed by atoms with van der Waals surface area (Å²) in [6, 6.07) is 7.79. The number of benzene rings is 1. The van der Waals surface area contributed by atoms with Crippen LogP contribution < -0.4 is 5.32 Å². The van der Waals surface area contributed by atoms with Crippen LogP contribution in [-0.4, -0.2) is 21.7 Å². The van der Waals surface area contributed by atoms with Crippen molar-refractivity contribution >= 4 is 44.8 Å². The van der Waals surface area contributed by atoms with Gasteiger partial charge in [0, 0.05) is 16.6 Å². The molecule has 0 aliphatic carbocycles. The van der Waals surface area contributed by atoms with Crippen molar-refractivity contribution < 1.29 is 9.53 Å². The van der Waals surface area contributed by atoms with Crippen LogP contribution >= 0.6 is 22.9 Å². The Hall–Kier alpha value is -2.18. The molecule has 1 N–H and O–H groups in total. The lowest BCUT2D eigenvalue weighted by Gasteiger charge is -2.19. The lowest BCUT2D eigenvalue weighted by molar-refractivity contribution is 0.0636. The second-order valence-corrected chi connectivity index (χ2v) is 8.08. The van der Waals surface area contributed by atoms with Gasteiger partial charge in [-0.15, -0.1) is 11.3 Å². The number of anilines is 1. The average Bonchev–Trinajstić information content (AvgIpc) is 2.90. The lowest BCUT2D eigenvalue weighted by atomic mass is 10.2. The van der Waals surface area contributed by atoms with Crippen molar-refractivity contribution in [1.82, 2.24) is 9.97 Å². The molecule has 0 saturated carbocycles. The normalized spacial score (nSPS) is 11.6. The topological polar surface area (TPSA) is 64.1 Å². The summed E-state index contributed by atoms with van der Waals surface area (Å²) in [5.41, 5.74) is 1.94. The summed E-state index contributed by atoms with van der Waals surface area (Å²) in [5.74, 6) is 0. The number of carbonyl (C=O) groups excluding carboxylic acids is 1. The quantitative estimate of drug-likeness (QED) is 0.586. The van der Waals surface area contributed by atoms with E-state index in [0.717, 1.165) is 26.2 Å². The summed E-state index contributed by atoms with van der Waals surface area (Å²) in [6.45, 7) is 7.44. The van der Waals surface area contributed by atoms with Gasteiger partial charge in [-0.3, -0.25) is 5.32 Å². The maximum absolute atomic E-state index is 11.9. The third-order valence-electron chi connectivity index (χ3n) is 3.34. The van der Waals surface area contributed by atoms with Gasteiger partial charge in [0.25, 0.3) is 0 Å². The molecule has 0 bridgehead atoms. The van der Waals surface area contributed by atoms with Gasteiger partial charge in [0.15, 0.2) is 0 Å². The zero-order valence-electron chi connectivity index (χ0n) is 14.4. The Morgan fingerprint density at radius 1 is 1.28 bits per heavy atom. The van der Waals surface area contributed by atoms with E-state index < -0.39 is 11.7 Å². The first kappa shape index (κ1) is 17.6. The predicted octanol–water partition coefficient (Wildman–Crippen LogP) is 5.67. The molecule has 0 radical (unpaired) electrons. The molecule has 0 saturated heterocycles. The van der Waals surface area contributed by atoms with Gasteiger partial charge in [0.2, 0.25) is 5.28 Å². The minimum Gasteiger partial charge on any atom is -0.444 e. The SMILES string of the molecule is Cc1cnc(Cl)nc1-c1cc2ccc(NC(=O)OC(C)(C)C)cc2s1. The smallest absolute Gasteiger partial charge is 0.412 e. The van der Waals surface area contributed by atoms with Crippen LogP contribution in [0.5, 0.6) is 0 Å². The van der Waals surface area contributed by atoms with E-state index in [2.05, 4.69) is 21.4 Å². The van der Waals surface area contributed by atoms with E-state index in [1.54, 1.807) is 17.5 Å².